The van der Waals surface area contributed by atoms with E-state index in [4.69, 9.17) is 23.2 Å². The Morgan fingerprint density at radius 1 is 0.920 bits per heavy atom. The number of ketones is 1. The van der Waals surface area contributed by atoms with Crippen molar-refractivity contribution in [1.82, 2.24) is 0 Å². The highest BCUT2D eigenvalue weighted by molar-refractivity contribution is 6.42. The molecule has 2 aromatic carbocycles. The number of anilines is 1. The van der Waals surface area contributed by atoms with Crippen molar-refractivity contribution in [3.8, 4) is 0 Å². The normalized spacial score (nSPS) is 11.2. The summed E-state index contributed by atoms with van der Waals surface area (Å²) in [4.78, 5) is 24.2. The molecule has 5 heteroatoms. The Labute approximate surface area is 158 Å². The molecule has 0 spiro atoms. The molecular weight excluding hydrogens is 357 g/mol. The molecule has 1 amide bonds. The number of hydrogen-bond donors (Lipinski definition) is 1. The second kappa shape index (κ2) is 8.03. The van der Waals surface area contributed by atoms with Crippen LogP contribution in [0.4, 0.5) is 5.69 Å². The molecule has 0 atom stereocenters. The van der Waals surface area contributed by atoms with E-state index >= 15 is 0 Å². The zero-order valence-electron chi connectivity index (χ0n) is 14.5. The number of carbonyl (C=O) groups is 2. The van der Waals surface area contributed by atoms with Crippen LogP contribution in [0.15, 0.2) is 42.5 Å². The first-order valence-electron chi connectivity index (χ1n) is 8.05. The molecule has 2 rings (SSSR count). The molecule has 0 saturated heterocycles. The molecule has 0 saturated carbocycles. The number of hydrogen-bond acceptors (Lipinski definition) is 2. The van der Waals surface area contributed by atoms with Crippen molar-refractivity contribution in [2.45, 2.75) is 39.0 Å². The second-order valence-corrected chi connectivity index (χ2v) is 7.74. The Bertz CT molecular complexity index is 777. The van der Waals surface area contributed by atoms with Crippen molar-refractivity contribution in [2.75, 3.05) is 5.32 Å². The summed E-state index contributed by atoms with van der Waals surface area (Å²) in [6.45, 7) is 6.37. The van der Waals surface area contributed by atoms with Gasteiger partial charge in [0, 0.05) is 24.1 Å². The van der Waals surface area contributed by atoms with Crippen LogP contribution in [-0.2, 0) is 10.2 Å². The Kier molecular flexibility index (Phi) is 6.26. The van der Waals surface area contributed by atoms with E-state index in [2.05, 4.69) is 26.1 Å². The lowest BCUT2D eigenvalue weighted by atomic mass is 9.86. The maximum atomic E-state index is 12.2. The molecule has 1 N–H and O–H groups in total. The molecule has 132 valence electrons. The predicted octanol–water partition coefficient (Wildman–Crippen LogP) is 5.89. The van der Waals surface area contributed by atoms with Gasteiger partial charge in [-0.15, -0.1) is 0 Å². The van der Waals surface area contributed by atoms with Gasteiger partial charge in [-0.2, -0.15) is 0 Å². The van der Waals surface area contributed by atoms with E-state index in [-0.39, 0.29) is 29.9 Å². The van der Waals surface area contributed by atoms with Gasteiger partial charge in [-0.05, 0) is 29.2 Å². The zero-order valence-corrected chi connectivity index (χ0v) is 16.0. The van der Waals surface area contributed by atoms with Crippen LogP contribution < -0.4 is 5.32 Å². The van der Waals surface area contributed by atoms with Gasteiger partial charge in [-0.3, -0.25) is 9.59 Å². The van der Waals surface area contributed by atoms with Gasteiger partial charge in [-0.1, -0.05) is 68.2 Å². The lowest BCUT2D eigenvalue weighted by Crippen LogP contribution is -2.14. The third-order valence-corrected chi connectivity index (χ3v) is 4.59. The first kappa shape index (κ1) is 19.5. The summed E-state index contributed by atoms with van der Waals surface area (Å²) in [5.74, 6) is -0.289. The quantitative estimate of drug-likeness (QED) is 0.659. The molecule has 25 heavy (non-hydrogen) atoms. The van der Waals surface area contributed by atoms with Crippen LogP contribution in [-0.4, -0.2) is 11.7 Å². The fraction of sp³-hybridized carbons (Fsp3) is 0.300. The van der Waals surface area contributed by atoms with Crippen molar-refractivity contribution >= 4 is 40.6 Å². The number of nitrogens with one attached hydrogen (secondary N) is 1. The molecule has 0 heterocycles. The number of rotatable bonds is 5. The van der Waals surface area contributed by atoms with E-state index in [9.17, 15) is 9.59 Å². The summed E-state index contributed by atoms with van der Waals surface area (Å²) in [5.41, 5.74) is 2.39. The van der Waals surface area contributed by atoms with Gasteiger partial charge < -0.3 is 5.32 Å². The number of Topliss-reactive ketones (excluding diaryl/α,β-unsaturated/α-hetero) is 1. The Balaban J connectivity index is 1.90. The summed E-state index contributed by atoms with van der Waals surface area (Å²) < 4.78 is 0. The smallest absolute Gasteiger partial charge is 0.224 e. The average molecular weight is 378 g/mol. The number of benzene rings is 2. The van der Waals surface area contributed by atoms with Crippen molar-refractivity contribution in [1.29, 1.82) is 0 Å². The number of amides is 1. The topological polar surface area (TPSA) is 46.2 Å². The molecule has 0 bridgehead atoms. The van der Waals surface area contributed by atoms with Crippen LogP contribution in [0.3, 0.4) is 0 Å². The molecular formula is C20H21Cl2NO2. The zero-order chi connectivity index (χ0) is 18.6. The second-order valence-electron chi connectivity index (χ2n) is 6.93. The van der Waals surface area contributed by atoms with Crippen LogP contribution in [0, 0.1) is 0 Å². The van der Waals surface area contributed by atoms with E-state index in [0.29, 0.717) is 21.3 Å². The van der Waals surface area contributed by atoms with Crippen molar-refractivity contribution < 1.29 is 9.59 Å². The van der Waals surface area contributed by atoms with E-state index in [1.807, 2.05) is 24.3 Å². The molecule has 0 aliphatic rings. The third-order valence-electron chi connectivity index (χ3n) is 3.86. The lowest BCUT2D eigenvalue weighted by molar-refractivity contribution is -0.116. The summed E-state index contributed by atoms with van der Waals surface area (Å²) in [7, 11) is 0. The Morgan fingerprint density at radius 2 is 1.56 bits per heavy atom. The van der Waals surface area contributed by atoms with Gasteiger partial charge >= 0.3 is 0 Å². The predicted molar refractivity (Wildman–Crippen MR) is 104 cm³/mol. The minimum atomic E-state index is -0.238. The fourth-order valence-electron chi connectivity index (χ4n) is 2.32. The van der Waals surface area contributed by atoms with Crippen LogP contribution in [0.5, 0.6) is 0 Å². The standard InChI is InChI=1S/C20H21Cl2NO2/c1-20(2,3)14-6-4-13(5-7-14)18(24)10-11-19(25)23-15-8-9-16(21)17(22)12-15/h4-9,12H,10-11H2,1-3H3,(H,23,25). The van der Waals surface area contributed by atoms with Crippen molar-refractivity contribution in [3.05, 3.63) is 63.6 Å². The minimum absolute atomic E-state index is 0.0430. The lowest BCUT2D eigenvalue weighted by Gasteiger charge is -2.18. The molecule has 0 aromatic heterocycles. The summed E-state index contributed by atoms with van der Waals surface area (Å²) in [6, 6.07) is 12.4. The maximum Gasteiger partial charge on any atom is 0.224 e. The summed E-state index contributed by atoms with van der Waals surface area (Å²) >= 11 is 11.7. The van der Waals surface area contributed by atoms with E-state index in [1.165, 1.54) is 5.56 Å². The Hall–Kier alpha value is -1.84. The van der Waals surface area contributed by atoms with Crippen molar-refractivity contribution in [3.63, 3.8) is 0 Å². The SMILES string of the molecule is CC(C)(C)c1ccc(C(=O)CCC(=O)Nc2ccc(Cl)c(Cl)c2)cc1. The first-order chi connectivity index (χ1) is 11.7. The van der Waals surface area contributed by atoms with E-state index in [0.717, 1.165) is 0 Å². The fourth-order valence-corrected chi connectivity index (χ4v) is 2.62. The monoisotopic (exact) mass is 377 g/mol. The van der Waals surface area contributed by atoms with Gasteiger partial charge in [0.1, 0.15) is 0 Å². The molecule has 0 unspecified atom stereocenters. The molecule has 0 fully saturated rings. The average Bonchev–Trinajstić information content (AvgIpc) is 2.55. The third kappa shape index (κ3) is 5.58. The molecule has 0 radical (unpaired) electrons. The molecule has 0 aliphatic heterocycles. The van der Waals surface area contributed by atoms with Gasteiger partial charge in [0.25, 0.3) is 0 Å². The highest BCUT2D eigenvalue weighted by Gasteiger charge is 2.15. The molecule has 2 aromatic rings. The van der Waals surface area contributed by atoms with Crippen molar-refractivity contribution in [2.24, 2.45) is 0 Å². The van der Waals surface area contributed by atoms with Crippen LogP contribution >= 0.6 is 23.2 Å². The molecule has 0 aliphatic carbocycles. The van der Waals surface area contributed by atoms with Crippen LogP contribution in [0.1, 0.15) is 49.5 Å². The number of carbonyl (C=O) groups excluding carboxylic acids is 2. The molecule has 3 nitrogen and oxygen atoms in total. The van der Waals surface area contributed by atoms with Gasteiger partial charge in [0.15, 0.2) is 5.78 Å². The van der Waals surface area contributed by atoms with E-state index < -0.39 is 0 Å². The highest BCUT2D eigenvalue weighted by atomic mass is 35.5. The van der Waals surface area contributed by atoms with Gasteiger partial charge in [0.2, 0.25) is 5.91 Å². The number of halogens is 2. The minimum Gasteiger partial charge on any atom is -0.326 e. The van der Waals surface area contributed by atoms with Gasteiger partial charge in [0.05, 0.1) is 10.0 Å². The largest absolute Gasteiger partial charge is 0.326 e. The summed E-state index contributed by atoms with van der Waals surface area (Å²) in [6.07, 6.45) is 0.266. The Morgan fingerprint density at radius 3 is 2.12 bits per heavy atom. The maximum absolute atomic E-state index is 12.2. The van der Waals surface area contributed by atoms with Gasteiger partial charge in [-0.25, -0.2) is 0 Å². The highest BCUT2D eigenvalue weighted by Crippen LogP contribution is 2.25. The summed E-state index contributed by atoms with van der Waals surface area (Å²) in [5, 5.41) is 3.51. The van der Waals surface area contributed by atoms with E-state index in [1.54, 1.807) is 18.2 Å². The first-order valence-corrected chi connectivity index (χ1v) is 8.81. The van der Waals surface area contributed by atoms with Crippen LogP contribution in [0.2, 0.25) is 10.0 Å². The van der Waals surface area contributed by atoms with Crippen LogP contribution in [0.25, 0.3) is 0 Å².